The van der Waals surface area contributed by atoms with E-state index in [0.717, 1.165) is 37.1 Å². The molecule has 1 amide bonds. The third-order valence-corrected chi connectivity index (χ3v) is 3.37. The van der Waals surface area contributed by atoms with E-state index in [4.69, 9.17) is 5.73 Å². The van der Waals surface area contributed by atoms with Gasteiger partial charge in [0.15, 0.2) is 0 Å². The molecule has 1 aliphatic carbocycles. The number of amides is 1. The van der Waals surface area contributed by atoms with Gasteiger partial charge in [-0.2, -0.15) is 0 Å². The summed E-state index contributed by atoms with van der Waals surface area (Å²) >= 11 is 0. The number of aryl methyl sites for hydroxylation is 1. The summed E-state index contributed by atoms with van der Waals surface area (Å²) < 4.78 is 0. The second-order valence-electron chi connectivity index (χ2n) is 4.86. The molecule has 4 nitrogen and oxygen atoms in total. The van der Waals surface area contributed by atoms with Crippen LogP contribution < -0.4 is 11.1 Å². The third-order valence-electron chi connectivity index (χ3n) is 3.37. The first-order valence-corrected chi connectivity index (χ1v) is 6.13. The molecule has 17 heavy (non-hydrogen) atoms. The van der Waals surface area contributed by atoms with Crippen LogP contribution in [0.2, 0.25) is 0 Å². The minimum absolute atomic E-state index is 0.0807. The highest BCUT2D eigenvalue weighted by Crippen LogP contribution is 2.27. The lowest BCUT2D eigenvalue weighted by atomic mass is 9.82. The van der Waals surface area contributed by atoms with Crippen LogP contribution in [0.4, 0.5) is 5.69 Å². The first-order valence-electron chi connectivity index (χ1n) is 6.13. The lowest BCUT2D eigenvalue weighted by molar-refractivity contribution is -0.122. The Bertz CT molecular complexity index is 394. The van der Waals surface area contributed by atoms with Crippen LogP contribution in [0.1, 0.15) is 37.8 Å². The van der Waals surface area contributed by atoms with Crippen LogP contribution in [-0.2, 0) is 4.79 Å². The molecule has 1 heterocycles. The van der Waals surface area contributed by atoms with Crippen LogP contribution in [0.25, 0.3) is 0 Å². The normalized spacial score (nSPS) is 18.7. The van der Waals surface area contributed by atoms with Gasteiger partial charge >= 0.3 is 0 Å². The molecule has 0 saturated heterocycles. The summed E-state index contributed by atoms with van der Waals surface area (Å²) in [5.74, 6) is -0.0807. The number of pyridine rings is 1. The van der Waals surface area contributed by atoms with Gasteiger partial charge in [0.1, 0.15) is 0 Å². The molecule has 2 rings (SSSR count). The first kappa shape index (κ1) is 12.0. The summed E-state index contributed by atoms with van der Waals surface area (Å²) in [7, 11) is 0. The van der Waals surface area contributed by atoms with E-state index in [0.29, 0.717) is 0 Å². The molecule has 0 unspecified atom stereocenters. The molecule has 1 aromatic heterocycles. The number of anilines is 1. The number of nitrogens with two attached hydrogens (primary N) is 1. The predicted octanol–water partition coefficient (Wildman–Crippen LogP) is 1.99. The fraction of sp³-hybridized carbons (Fsp3) is 0.538. The zero-order valence-corrected chi connectivity index (χ0v) is 10.2. The monoisotopic (exact) mass is 233 g/mol. The van der Waals surface area contributed by atoms with E-state index in [1.807, 2.05) is 19.1 Å². The summed E-state index contributed by atoms with van der Waals surface area (Å²) in [6, 6.07) is 3.73. The van der Waals surface area contributed by atoms with E-state index in [1.54, 1.807) is 6.20 Å². The van der Waals surface area contributed by atoms with E-state index < -0.39 is 5.54 Å². The van der Waals surface area contributed by atoms with Crippen molar-refractivity contribution in [2.75, 3.05) is 5.32 Å². The van der Waals surface area contributed by atoms with E-state index >= 15 is 0 Å². The fourth-order valence-corrected chi connectivity index (χ4v) is 2.21. The van der Waals surface area contributed by atoms with Crippen molar-refractivity contribution >= 4 is 11.6 Å². The fourth-order valence-electron chi connectivity index (χ4n) is 2.21. The Kier molecular flexibility index (Phi) is 3.43. The third kappa shape index (κ3) is 2.82. The summed E-state index contributed by atoms with van der Waals surface area (Å²) in [6.07, 6.45) is 6.47. The molecular weight excluding hydrogens is 214 g/mol. The molecule has 1 fully saturated rings. The standard InChI is InChI=1S/C13H19N3O/c1-10-5-6-11(9-15-10)16-12(17)13(14)7-3-2-4-8-13/h5-6,9H,2-4,7-8,14H2,1H3,(H,16,17). The van der Waals surface area contributed by atoms with Crippen LogP contribution in [0, 0.1) is 6.92 Å². The highest BCUT2D eigenvalue weighted by Gasteiger charge is 2.35. The number of aromatic nitrogens is 1. The van der Waals surface area contributed by atoms with Gasteiger partial charge in [-0.1, -0.05) is 19.3 Å². The Hall–Kier alpha value is -1.42. The molecule has 0 aromatic carbocycles. The highest BCUT2D eigenvalue weighted by molar-refractivity contribution is 5.97. The van der Waals surface area contributed by atoms with Crippen LogP contribution in [-0.4, -0.2) is 16.4 Å². The SMILES string of the molecule is Cc1ccc(NC(=O)C2(N)CCCCC2)cn1. The molecule has 0 aliphatic heterocycles. The lowest BCUT2D eigenvalue weighted by Crippen LogP contribution is -2.52. The molecule has 1 aromatic rings. The maximum absolute atomic E-state index is 12.1. The van der Waals surface area contributed by atoms with Crippen LogP contribution in [0.5, 0.6) is 0 Å². The number of carbonyl (C=O) groups is 1. The summed E-state index contributed by atoms with van der Waals surface area (Å²) in [5, 5.41) is 2.85. The molecule has 0 spiro atoms. The Balaban J connectivity index is 2.03. The quantitative estimate of drug-likeness (QED) is 0.820. The average Bonchev–Trinajstić information content (AvgIpc) is 2.33. The molecule has 1 saturated carbocycles. The summed E-state index contributed by atoms with van der Waals surface area (Å²) in [6.45, 7) is 1.91. The average molecular weight is 233 g/mol. The number of nitrogens with one attached hydrogen (secondary N) is 1. The Morgan fingerprint density at radius 3 is 2.65 bits per heavy atom. The van der Waals surface area contributed by atoms with Gasteiger partial charge < -0.3 is 11.1 Å². The van der Waals surface area contributed by atoms with E-state index in [9.17, 15) is 4.79 Å². The van der Waals surface area contributed by atoms with Crippen molar-refractivity contribution in [3.63, 3.8) is 0 Å². The molecule has 0 atom stereocenters. The van der Waals surface area contributed by atoms with Gasteiger partial charge in [-0.05, 0) is 31.9 Å². The molecule has 3 N–H and O–H groups in total. The molecular formula is C13H19N3O. The highest BCUT2D eigenvalue weighted by atomic mass is 16.2. The smallest absolute Gasteiger partial charge is 0.244 e. The maximum atomic E-state index is 12.1. The van der Waals surface area contributed by atoms with Crippen molar-refractivity contribution in [1.82, 2.24) is 4.98 Å². The van der Waals surface area contributed by atoms with Gasteiger partial charge in [0.25, 0.3) is 0 Å². The Morgan fingerprint density at radius 2 is 2.06 bits per heavy atom. The maximum Gasteiger partial charge on any atom is 0.244 e. The molecule has 0 radical (unpaired) electrons. The van der Waals surface area contributed by atoms with Crippen LogP contribution in [0.15, 0.2) is 18.3 Å². The zero-order valence-electron chi connectivity index (χ0n) is 10.2. The van der Waals surface area contributed by atoms with Gasteiger partial charge in [-0.3, -0.25) is 9.78 Å². The minimum atomic E-state index is -0.691. The predicted molar refractivity (Wildman–Crippen MR) is 67.6 cm³/mol. The topological polar surface area (TPSA) is 68.0 Å². The van der Waals surface area contributed by atoms with Gasteiger partial charge in [0, 0.05) is 5.69 Å². The van der Waals surface area contributed by atoms with Crippen molar-refractivity contribution in [2.45, 2.75) is 44.6 Å². The van der Waals surface area contributed by atoms with Gasteiger partial charge in [-0.25, -0.2) is 0 Å². The Labute approximate surface area is 102 Å². The Morgan fingerprint density at radius 1 is 1.35 bits per heavy atom. The van der Waals surface area contributed by atoms with Gasteiger partial charge in [0.05, 0.1) is 17.4 Å². The lowest BCUT2D eigenvalue weighted by Gasteiger charge is -2.31. The first-order chi connectivity index (χ1) is 8.10. The number of rotatable bonds is 2. The minimum Gasteiger partial charge on any atom is -0.323 e. The van der Waals surface area contributed by atoms with Gasteiger partial charge in [-0.15, -0.1) is 0 Å². The molecule has 0 bridgehead atoms. The summed E-state index contributed by atoms with van der Waals surface area (Å²) in [4.78, 5) is 16.3. The van der Waals surface area contributed by atoms with Crippen molar-refractivity contribution < 1.29 is 4.79 Å². The number of hydrogen-bond acceptors (Lipinski definition) is 3. The van der Waals surface area contributed by atoms with Crippen LogP contribution >= 0.6 is 0 Å². The summed E-state index contributed by atoms with van der Waals surface area (Å²) in [5.41, 5.74) is 7.11. The van der Waals surface area contributed by atoms with Crippen molar-refractivity contribution in [2.24, 2.45) is 5.73 Å². The molecule has 92 valence electrons. The van der Waals surface area contributed by atoms with E-state index in [1.165, 1.54) is 6.42 Å². The second kappa shape index (κ2) is 4.84. The largest absolute Gasteiger partial charge is 0.323 e. The van der Waals surface area contributed by atoms with E-state index in [2.05, 4.69) is 10.3 Å². The number of carbonyl (C=O) groups excluding carboxylic acids is 1. The number of hydrogen-bond donors (Lipinski definition) is 2. The molecule has 4 heteroatoms. The van der Waals surface area contributed by atoms with Gasteiger partial charge in [0.2, 0.25) is 5.91 Å². The number of nitrogens with zero attached hydrogens (tertiary/aromatic N) is 1. The van der Waals surface area contributed by atoms with Crippen molar-refractivity contribution in [3.8, 4) is 0 Å². The zero-order chi connectivity index (χ0) is 12.3. The van der Waals surface area contributed by atoms with Crippen molar-refractivity contribution in [3.05, 3.63) is 24.0 Å². The van der Waals surface area contributed by atoms with Crippen LogP contribution in [0.3, 0.4) is 0 Å². The van der Waals surface area contributed by atoms with Crippen molar-refractivity contribution in [1.29, 1.82) is 0 Å². The molecule has 1 aliphatic rings. The van der Waals surface area contributed by atoms with E-state index in [-0.39, 0.29) is 5.91 Å². The second-order valence-corrected chi connectivity index (χ2v) is 4.86.